The van der Waals surface area contributed by atoms with Crippen LogP contribution in [0.5, 0.6) is 11.5 Å². The first-order valence-electron chi connectivity index (χ1n) is 8.74. The second kappa shape index (κ2) is 11.8. The second-order valence-electron chi connectivity index (χ2n) is 6.86. The van der Waals surface area contributed by atoms with Crippen LogP contribution in [0.4, 0.5) is 0 Å². The SMILES string of the molecule is COc1cc(C)cc(OC)c1[C@H](CCC(C)C)N1CCNCC1.Cl.Cl. The summed E-state index contributed by atoms with van der Waals surface area (Å²) in [5.41, 5.74) is 2.38. The first-order chi connectivity index (χ1) is 11.1. The van der Waals surface area contributed by atoms with Crippen LogP contribution in [0.1, 0.15) is 43.9 Å². The predicted octanol–water partition coefficient (Wildman–Crippen LogP) is 4.24. The first kappa shape index (κ1) is 24.3. The minimum absolute atomic E-state index is 0. The van der Waals surface area contributed by atoms with Gasteiger partial charge < -0.3 is 14.8 Å². The van der Waals surface area contributed by atoms with Crippen molar-refractivity contribution in [3.63, 3.8) is 0 Å². The van der Waals surface area contributed by atoms with Crippen molar-refractivity contribution in [2.75, 3.05) is 40.4 Å². The second-order valence-corrected chi connectivity index (χ2v) is 6.86. The molecule has 1 saturated heterocycles. The number of rotatable bonds is 7. The summed E-state index contributed by atoms with van der Waals surface area (Å²) in [7, 11) is 3.52. The van der Waals surface area contributed by atoms with E-state index in [1.54, 1.807) is 14.2 Å². The molecule has 0 aliphatic carbocycles. The van der Waals surface area contributed by atoms with Crippen LogP contribution in [0.15, 0.2) is 12.1 Å². The lowest BCUT2D eigenvalue weighted by atomic mass is 9.93. The van der Waals surface area contributed by atoms with E-state index < -0.39 is 0 Å². The lowest BCUT2D eigenvalue weighted by molar-refractivity contribution is 0.154. The van der Waals surface area contributed by atoms with Crippen LogP contribution in [0, 0.1) is 12.8 Å². The standard InChI is InChI=1S/C19H32N2O2.2ClH/c1-14(2)6-7-16(21-10-8-20-9-11-21)19-17(22-4)12-15(3)13-18(19)23-5;;/h12-14,16,20H,6-11H2,1-5H3;2*1H/t16-;;/m0../s1. The van der Waals surface area contributed by atoms with E-state index in [0.717, 1.165) is 44.1 Å². The minimum Gasteiger partial charge on any atom is -0.496 e. The third-order valence-electron chi connectivity index (χ3n) is 4.63. The number of piperazine rings is 1. The largest absolute Gasteiger partial charge is 0.496 e. The monoisotopic (exact) mass is 392 g/mol. The highest BCUT2D eigenvalue weighted by molar-refractivity contribution is 5.85. The lowest BCUT2D eigenvalue weighted by Crippen LogP contribution is -2.45. The molecule has 1 fully saturated rings. The van der Waals surface area contributed by atoms with E-state index in [1.807, 2.05) is 0 Å². The molecule has 0 unspecified atom stereocenters. The maximum absolute atomic E-state index is 5.72. The lowest BCUT2D eigenvalue weighted by Gasteiger charge is -2.37. The fourth-order valence-corrected chi connectivity index (χ4v) is 3.39. The fraction of sp³-hybridized carbons (Fsp3) is 0.684. The highest BCUT2D eigenvalue weighted by Gasteiger charge is 2.28. The van der Waals surface area contributed by atoms with Gasteiger partial charge in [-0.1, -0.05) is 13.8 Å². The Labute approximate surface area is 165 Å². The van der Waals surface area contributed by atoms with Crippen molar-refractivity contribution in [1.82, 2.24) is 10.2 Å². The molecule has 0 bridgehead atoms. The van der Waals surface area contributed by atoms with Gasteiger partial charge in [-0.2, -0.15) is 0 Å². The normalized spacial score (nSPS) is 15.9. The molecule has 0 spiro atoms. The van der Waals surface area contributed by atoms with Crippen LogP contribution < -0.4 is 14.8 Å². The van der Waals surface area contributed by atoms with Gasteiger partial charge in [0.05, 0.1) is 19.8 Å². The molecule has 6 heteroatoms. The molecule has 1 aliphatic rings. The molecule has 1 N–H and O–H groups in total. The third kappa shape index (κ3) is 6.52. The summed E-state index contributed by atoms with van der Waals surface area (Å²) in [5.74, 6) is 2.60. The van der Waals surface area contributed by atoms with Crippen LogP contribution in [0.3, 0.4) is 0 Å². The van der Waals surface area contributed by atoms with Gasteiger partial charge in [-0.25, -0.2) is 0 Å². The molecule has 1 aromatic carbocycles. The number of nitrogens with one attached hydrogen (secondary N) is 1. The minimum atomic E-state index is 0. The molecule has 0 saturated carbocycles. The highest BCUT2D eigenvalue weighted by Crippen LogP contribution is 2.41. The van der Waals surface area contributed by atoms with Crippen molar-refractivity contribution in [2.24, 2.45) is 5.92 Å². The van der Waals surface area contributed by atoms with E-state index >= 15 is 0 Å². The predicted molar refractivity (Wildman–Crippen MR) is 110 cm³/mol. The zero-order chi connectivity index (χ0) is 16.8. The van der Waals surface area contributed by atoms with E-state index in [-0.39, 0.29) is 24.8 Å². The van der Waals surface area contributed by atoms with Crippen LogP contribution in [-0.4, -0.2) is 45.3 Å². The number of halogens is 2. The van der Waals surface area contributed by atoms with Crippen molar-refractivity contribution in [3.8, 4) is 11.5 Å². The number of methoxy groups -OCH3 is 2. The first-order valence-corrected chi connectivity index (χ1v) is 8.74. The van der Waals surface area contributed by atoms with Crippen LogP contribution in [-0.2, 0) is 0 Å². The van der Waals surface area contributed by atoms with Crippen molar-refractivity contribution < 1.29 is 9.47 Å². The van der Waals surface area contributed by atoms with Crippen molar-refractivity contribution in [3.05, 3.63) is 23.3 Å². The van der Waals surface area contributed by atoms with Gasteiger partial charge in [0, 0.05) is 32.2 Å². The molecule has 1 atom stereocenters. The summed E-state index contributed by atoms with van der Waals surface area (Å²) in [4.78, 5) is 2.58. The number of benzene rings is 1. The van der Waals surface area contributed by atoms with Crippen molar-refractivity contribution in [1.29, 1.82) is 0 Å². The molecule has 0 amide bonds. The maximum atomic E-state index is 5.72. The van der Waals surface area contributed by atoms with Gasteiger partial charge in [0.15, 0.2) is 0 Å². The van der Waals surface area contributed by atoms with E-state index in [4.69, 9.17) is 9.47 Å². The fourth-order valence-electron chi connectivity index (χ4n) is 3.39. The summed E-state index contributed by atoms with van der Waals surface area (Å²) in [6.07, 6.45) is 2.34. The van der Waals surface area contributed by atoms with Crippen LogP contribution in [0.2, 0.25) is 0 Å². The van der Waals surface area contributed by atoms with Gasteiger partial charge in [-0.15, -0.1) is 24.8 Å². The molecule has 2 rings (SSSR count). The van der Waals surface area contributed by atoms with Gasteiger partial charge in [-0.3, -0.25) is 4.90 Å². The summed E-state index contributed by atoms with van der Waals surface area (Å²) in [6.45, 7) is 10.9. The van der Waals surface area contributed by atoms with Crippen LogP contribution in [0.25, 0.3) is 0 Å². The molecule has 0 radical (unpaired) electrons. The Hall–Kier alpha value is -0.680. The van der Waals surface area contributed by atoms with Gasteiger partial charge in [-0.05, 0) is 43.4 Å². The quantitative estimate of drug-likeness (QED) is 0.752. The Morgan fingerprint density at radius 3 is 1.96 bits per heavy atom. The van der Waals surface area contributed by atoms with Crippen molar-refractivity contribution in [2.45, 2.75) is 39.7 Å². The number of nitrogens with zero attached hydrogens (tertiary/aromatic N) is 1. The average molecular weight is 393 g/mol. The maximum Gasteiger partial charge on any atom is 0.127 e. The van der Waals surface area contributed by atoms with Gasteiger partial charge >= 0.3 is 0 Å². The summed E-state index contributed by atoms with van der Waals surface area (Å²) in [6, 6.07) is 4.61. The molecular formula is C19H34Cl2N2O2. The molecule has 1 heterocycles. The molecule has 146 valence electrons. The Morgan fingerprint density at radius 1 is 1.00 bits per heavy atom. The van der Waals surface area contributed by atoms with Crippen LogP contribution >= 0.6 is 24.8 Å². The molecule has 0 aromatic heterocycles. The van der Waals surface area contributed by atoms with E-state index in [1.165, 1.54) is 17.5 Å². The zero-order valence-corrected chi connectivity index (χ0v) is 17.8. The van der Waals surface area contributed by atoms with Gasteiger partial charge in [0.2, 0.25) is 0 Å². The smallest absolute Gasteiger partial charge is 0.127 e. The Balaban J connectivity index is 0.00000288. The van der Waals surface area contributed by atoms with Gasteiger partial charge in [0.25, 0.3) is 0 Å². The number of hydrogen-bond acceptors (Lipinski definition) is 4. The molecule has 1 aliphatic heterocycles. The molecule has 4 nitrogen and oxygen atoms in total. The van der Waals surface area contributed by atoms with E-state index in [9.17, 15) is 0 Å². The third-order valence-corrected chi connectivity index (χ3v) is 4.63. The number of aryl methyl sites for hydroxylation is 1. The Morgan fingerprint density at radius 2 is 1.52 bits per heavy atom. The highest BCUT2D eigenvalue weighted by atomic mass is 35.5. The van der Waals surface area contributed by atoms with Gasteiger partial charge in [0.1, 0.15) is 11.5 Å². The average Bonchev–Trinajstić information content (AvgIpc) is 2.56. The molecule has 1 aromatic rings. The molecular weight excluding hydrogens is 359 g/mol. The zero-order valence-electron chi connectivity index (χ0n) is 16.1. The van der Waals surface area contributed by atoms with E-state index in [0.29, 0.717) is 12.0 Å². The summed E-state index contributed by atoms with van der Waals surface area (Å²) < 4.78 is 11.4. The van der Waals surface area contributed by atoms with E-state index in [2.05, 4.69) is 43.1 Å². The summed E-state index contributed by atoms with van der Waals surface area (Å²) >= 11 is 0. The number of ether oxygens (including phenoxy) is 2. The Kier molecular flexibility index (Phi) is 11.5. The molecule has 25 heavy (non-hydrogen) atoms. The summed E-state index contributed by atoms with van der Waals surface area (Å²) in [5, 5.41) is 3.45. The van der Waals surface area contributed by atoms with Crippen molar-refractivity contribution >= 4 is 24.8 Å². The Bertz CT molecular complexity index is 481. The topological polar surface area (TPSA) is 33.7 Å². The number of hydrogen-bond donors (Lipinski definition) is 1.